The molecule has 0 fully saturated rings. The summed E-state index contributed by atoms with van der Waals surface area (Å²) in [6.45, 7) is -0.140. The summed E-state index contributed by atoms with van der Waals surface area (Å²) in [5, 5.41) is 7.88. The van der Waals surface area contributed by atoms with Gasteiger partial charge in [-0.3, -0.25) is 9.78 Å². The van der Waals surface area contributed by atoms with Gasteiger partial charge in [-0.1, -0.05) is 11.6 Å². The first kappa shape index (κ1) is 22.7. The molecule has 0 aliphatic rings. The summed E-state index contributed by atoms with van der Waals surface area (Å²) in [6.07, 6.45) is -1.43. The van der Waals surface area contributed by atoms with Crippen LogP contribution in [-0.4, -0.2) is 37.4 Å². The Labute approximate surface area is 169 Å². The second-order valence-corrected chi connectivity index (χ2v) is 6.89. The molecule has 0 amide bonds. The van der Waals surface area contributed by atoms with Crippen molar-refractivity contribution in [3.05, 3.63) is 66.4 Å². The highest BCUT2D eigenvalue weighted by Crippen LogP contribution is 2.42. The van der Waals surface area contributed by atoms with E-state index < -0.39 is 28.0 Å². The summed E-state index contributed by atoms with van der Waals surface area (Å²) < 4.78 is 39.1. The standard InChI is InChI=1S/C12H10ClF3N2O3S.C4H4N2O/c13-7-6(12(14,15)16)4-5-8(9(7)22-3-1-2-19)17-11(21)18-10(5)20;7-4-5-2-1-3-6-4/h4,19H,1-3H2,(H2,17,18,20,21);1-3H,(H,5,6,7). The minimum Gasteiger partial charge on any atom is -0.396 e. The topological polar surface area (TPSA) is 132 Å². The van der Waals surface area contributed by atoms with Crippen molar-refractivity contribution in [1.82, 2.24) is 19.9 Å². The van der Waals surface area contributed by atoms with Crippen molar-refractivity contribution in [3.63, 3.8) is 0 Å². The van der Waals surface area contributed by atoms with Gasteiger partial charge in [0, 0.05) is 24.8 Å². The number of fused-ring (bicyclic) bond motifs is 1. The van der Waals surface area contributed by atoms with Gasteiger partial charge in [0.15, 0.2) is 0 Å². The number of hydrogen-bond donors (Lipinski definition) is 4. The molecule has 3 rings (SSSR count). The zero-order valence-corrected chi connectivity index (χ0v) is 16.0. The summed E-state index contributed by atoms with van der Waals surface area (Å²) in [6, 6.07) is 2.27. The van der Waals surface area contributed by atoms with E-state index in [0.29, 0.717) is 12.5 Å². The molecule has 1 aromatic carbocycles. The molecule has 0 radical (unpaired) electrons. The van der Waals surface area contributed by atoms with Crippen LogP contribution in [0.3, 0.4) is 0 Å². The number of aliphatic hydroxyl groups excluding tert-OH is 1. The lowest BCUT2D eigenvalue weighted by molar-refractivity contribution is -0.137. The Morgan fingerprint density at radius 3 is 2.45 bits per heavy atom. The Hall–Kier alpha value is -2.57. The third-order valence-electron chi connectivity index (χ3n) is 3.37. The maximum atomic E-state index is 13.0. The lowest BCUT2D eigenvalue weighted by Gasteiger charge is -2.14. The normalized spacial score (nSPS) is 11.2. The molecule has 0 atom stereocenters. The monoisotopic (exact) mass is 450 g/mol. The van der Waals surface area contributed by atoms with Crippen molar-refractivity contribution in [1.29, 1.82) is 0 Å². The predicted molar refractivity (Wildman–Crippen MR) is 102 cm³/mol. The van der Waals surface area contributed by atoms with Crippen LogP contribution in [0.1, 0.15) is 12.0 Å². The fourth-order valence-electron chi connectivity index (χ4n) is 2.14. The number of nitrogens with one attached hydrogen (secondary N) is 3. The van der Waals surface area contributed by atoms with Gasteiger partial charge in [-0.05, 0) is 18.6 Å². The molecule has 0 unspecified atom stereocenters. The van der Waals surface area contributed by atoms with Crippen LogP contribution in [0.25, 0.3) is 10.9 Å². The number of aliphatic hydroxyl groups is 1. The molecular weight excluding hydrogens is 437 g/mol. The van der Waals surface area contributed by atoms with Crippen molar-refractivity contribution in [2.75, 3.05) is 12.4 Å². The Morgan fingerprint density at radius 2 is 1.93 bits per heavy atom. The number of rotatable bonds is 4. The fraction of sp³-hybridized carbons (Fsp3) is 0.250. The Morgan fingerprint density at radius 1 is 1.21 bits per heavy atom. The summed E-state index contributed by atoms with van der Waals surface area (Å²) in [5.41, 5.74) is -3.26. The third-order valence-corrected chi connectivity index (χ3v) is 5.06. The minimum absolute atomic E-state index is 0.0388. The fourth-order valence-corrected chi connectivity index (χ4v) is 3.58. The lowest BCUT2D eigenvalue weighted by Crippen LogP contribution is -2.23. The lowest BCUT2D eigenvalue weighted by atomic mass is 10.1. The molecule has 0 saturated heterocycles. The van der Waals surface area contributed by atoms with Crippen LogP contribution in [0.4, 0.5) is 13.2 Å². The highest BCUT2D eigenvalue weighted by molar-refractivity contribution is 7.99. The first-order valence-electron chi connectivity index (χ1n) is 7.94. The second kappa shape index (κ2) is 9.76. The molecule has 4 N–H and O–H groups in total. The SMILES string of the molecule is O=c1[nH]c(=O)c2cc(C(F)(F)F)c(Cl)c(SCCCO)c2[nH]1.O=c1nccc[nH]1. The van der Waals surface area contributed by atoms with E-state index in [2.05, 4.69) is 15.0 Å². The molecule has 0 saturated carbocycles. The number of H-pyrrole nitrogens is 3. The minimum atomic E-state index is -4.74. The van der Waals surface area contributed by atoms with Gasteiger partial charge in [-0.2, -0.15) is 13.2 Å². The van der Waals surface area contributed by atoms with Crippen molar-refractivity contribution in [3.8, 4) is 0 Å². The average Bonchev–Trinajstić information content (AvgIpc) is 2.63. The molecule has 0 aliphatic heterocycles. The highest BCUT2D eigenvalue weighted by atomic mass is 35.5. The number of benzene rings is 1. The number of aromatic amines is 3. The van der Waals surface area contributed by atoms with Crippen LogP contribution in [-0.2, 0) is 6.18 Å². The van der Waals surface area contributed by atoms with Gasteiger partial charge in [0.05, 0.1) is 26.4 Å². The first-order valence-corrected chi connectivity index (χ1v) is 9.31. The molecule has 2 heterocycles. The average molecular weight is 451 g/mol. The van der Waals surface area contributed by atoms with Gasteiger partial charge in [0.25, 0.3) is 5.56 Å². The number of hydrogen-bond acceptors (Lipinski definition) is 6. The summed E-state index contributed by atoms with van der Waals surface area (Å²) in [7, 11) is 0. The van der Waals surface area contributed by atoms with Crippen molar-refractivity contribution >= 4 is 34.3 Å². The maximum Gasteiger partial charge on any atom is 0.417 e. The molecule has 156 valence electrons. The van der Waals surface area contributed by atoms with Crippen molar-refractivity contribution < 1.29 is 18.3 Å². The molecular formula is C16H14ClF3N4O4S. The van der Waals surface area contributed by atoms with Crippen LogP contribution in [0.2, 0.25) is 5.02 Å². The van der Waals surface area contributed by atoms with E-state index in [-0.39, 0.29) is 33.8 Å². The molecule has 0 spiro atoms. The van der Waals surface area contributed by atoms with Crippen LogP contribution >= 0.6 is 23.4 Å². The quantitative estimate of drug-likeness (QED) is 0.355. The number of alkyl halides is 3. The summed E-state index contributed by atoms with van der Waals surface area (Å²) in [4.78, 5) is 43.1. The van der Waals surface area contributed by atoms with E-state index in [1.807, 2.05) is 4.98 Å². The molecule has 29 heavy (non-hydrogen) atoms. The van der Waals surface area contributed by atoms with Crippen molar-refractivity contribution in [2.24, 2.45) is 0 Å². The summed E-state index contributed by atoms with van der Waals surface area (Å²) in [5.74, 6) is 0.279. The van der Waals surface area contributed by atoms with E-state index in [0.717, 1.165) is 11.8 Å². The van der Waals surface area contributed by atoms with Crippen LogP contribution in [0.15, 0.2) is 43.8 Å². The highest BCUT2D eigenvalue weighted by Gasteiger charge is 2.35. The van der Waals surface area contributed by atoms with Gasteiger partial charge in [-0.15, -0.1) is 11.8 Å². The van der Waals surface area contributed by atoms with E-state index in [1.54, 1.807) is 6.07 Å². The van der Waals surface area contributed by atoms with Gasteiger partial charge >= 0.3 is 17.6 Å². The van der Waals surface area contributed by atoms with Crippen LogP contribution in [0, 0.1) is 0 Å². The number of aromatic nitrogens is 4. The Balaban J connectivity index is 0.000000360. The van der Waals surface area contributed by atoms with Gasteiger partial charge in [0.1, 0.15) is 0 Å². The van der Waals surface area contributed by atoms with Gasteiger partial charge in [0.2, 0.25) is 0 Å². The van der Waals surface area contributed by atoms with E-state index in [4.69, 9.17) is 16.7 Å². The Bertz CT molecular complexity index is 1140. The molecule has 13 heteroatoms. The number of nitrogens with zero attached hydrogens (tertiary/aromatic N) is 1. The maximum absolute atomic E-state index is 13.0. The molecule has 8 nitrogen and oxygen atoms in total. The molecule has 2 aromatic heterocycles. The Kier molecular flexibility index (Phi) is 7.65. The van der Waals surface area contributed by atoms with Crippen molar-refractivity contribution in [2.45, 2.75) is 17.5 Å². The predicted octanol–water partition coefficient (Wildman–Crippen LogP) is 2.13. The summed E-state index contributed by atoms with van der Waals surface area (Å²) >= 11 is 6.75. The van der Waals surface area contributed by atoms with E-state index in [9.17, 15) is 27.6 Å². The smallest absolute Gasteiger partial charge is 0.396 e. The van der Waals surface area contributed by atoms with E-state index in [1.165, 1.54) is 12.4 Å². The molecule has 0 bridgehead atoms. The largest absolute Gasteiger partial charge is 0.417 e. The number of thioether (sulfide) groups is 1. The molecule has 0 aliphatic carbocycles. The third kappa shape index (κ3) is 5.95. The molecule has 3 aromatic rings. The zero-order chi connectivity index (χ0) is 21.6. The van der Waals surface area contributed by atoms with Gasteiger partial charge < -0.3 is 15.1 Å². The first-order chi connectivity index (χ1) is 13.6. The van der Waals surface area contributed by atoms with Crippen LogP contribution in [0.5, 0.6) is 0 Å². The second-order valence-electron chi connectivity index (χ2n) is 5.41. The van der Waals surface area contributed by atoms with Crippen LogP contribution < -0.4 is 16.9 Å². The number of halogens is 4. The van der Waals surface area contributed by atoms with Gasteiger partial charge in [-0.25, -0.2) is 14.6 Å². The zero-order valence-electron chi connectivity index (χ0n) is 14.5. The van der Waals surface area contributed by atoms with E-state index >= 15 is 0 Å².